The summed E-state index contributed by atoms with van der Waals surface area (Å²) in [7, 11) is 0.361. The van der Waals surface area contributed by atoms with Crippen molar-refractivity contribution in [2.75, 3.05) is 0 Å². The lowest BCUT2D eigenvalue weighted by Crippen LogP contribution is -2.17. The van der Waals surface area contributed by atoms with E-state index in [-0.39, 0.29) is 0 Å². The van der Waals surface area contributed by atoms with Gasteiger partial charge in [-0.3, -0.25) is 0 Å². The number of hydrogen-bond donors (Lipinski definition) is 2. The third-order valence-electron chi connectivity index (χ3n) is 0. The lowest BCUT2D eigenvalue weighted by Gasteiger charge is -2.00. The van der Waals surface area contributed by atoms with Crippen molar-refractivity contribution in [2.24, 2.45) is 0 Å². The molecule has 4 heteroatoms. The van der Waals surface area contributed by atoms with E-state index in [1.807, 2.05) is 30.1 Å². The molecule has 0 aliphatic rings. The van der Waals surface area contributed by atoms with E-state index in [1.165, 1.54) is 0 Å². The molecule has 3 radical (unpaired) electrons. The van der Waals surface area contributed by atoms with E-state index in [0.717, 1.165) is 0 Å². The SMILES string of the molecule is C[Si](C)(C)O.O[Si]. The molecular weight excluding hydrogens is 124 g/mol. The van der Waals surface area contributed by atoms with Crippen molar-refractivity contribution < 1.29 is 9.59 Å². The van der Waals surface area contributed by atoms with Gasteiger partial charge in [0.2, 0.25) is 10.5 Å². The van der Waals surface area contributed by atoms with Gasteiger partial charge in [-0.25, -0.2) is 0 Å². The van der Waals surface area contributed by atoms with Crippen molar-refractivity contribution >= 4 is 18.8 Å². The Bertz CT molecular complexity index is 26.4. The van der Waals surface area contributed by atoms with Crippen LogP contribution >= 0.6 is 0 Å². The monoisotopic (exact) mass is 135 g/mol. The van der Waals surface area contributed by atoms with Crippen LogP contribution in [0, 0.1) is 0 Å². The second-order valence-corrected chi connectivity index (χ2v) is 6.51. The first-order chi connectivity index (χ1) is 3.00. The molecule has 2 nitrogen and oxygen atoms in total. The fourth-order valence-electron chi connectivity index (χ4n) is 0. The molecule has 0 rings (SSSR count). The highest BCUT2D eigenvalue weighted by Gasteiger charge is 2.03. The van der Waals surface area contributed by atoms with Crippen molar-refractivity contribution in [3.63, 3.8) is 0 Å². The van der Waals surface area contributed by atoms with E-state index in [9.17, 15) is 0 Å². The van der Waals surface area contributed by atoms with Crippen LogP contribution in [-0.4, -0.2) is 28.4 Å². The molecular formula is C3H11O2Si2. The molecule has 0 spiro atoms. The topological polar surface area (TPSA) is 40.5 Å². The summed E-state index contributed by atoms with van der Waals surface area (Å²) in [5.74, 6) is 0. The minimum atomic E-state index is -1.61. The summed E-state index contributed by atoms with van der Waals surface area (Å²) in [5.41, 5.74) is 0. The summed E-state index contributed by atoms with van der Waals surface area (Å²) in [6, 6.07) is 0. The van der Waals surface area contributed by atoms with Gasteiger partial charge in [-0.2, -0.15) is 0 Å². The van der Waals surface area contributed by atoms with Gasteiger partial charge in [-0.15, -0.1) is 0 Å². The predicted molar refractivity (Wildman–Crippen MR) is 33.5 cm³/mol. The van der Waals surface area contributed by atoms with E-state index in [1.54, 1.807) is 0 Å². The van der Waals surface area contributed by atoms with Crippen LogP contribution in [-0.2, 0) is 0 Å². The van der Waals surface area contributed by atoms with Crippen LogP contribution in [0.1, 0.15) is 0 Å². The van der Waals surface area contributed by atoms with Crippen molar-refractivity contribution in [1.29, 1.82) is 0 Å². The summed E-state index contributed by atoms with van der Waals surface area (Å²) in [5, 5.41) is 0. The summed E-state index contributed by atoms with van der Waals surface area (Å²) in [6.07, 6.45) is 0. The minimum absolute atomic E-state index is 1.61. The summed E-state index contributed by atoms with van der Waals surface area (Å²) in [6.45, 7) is 5.65. The zero-order chi connectivity index (χ0) is 6.50. The first-order valence-electron chi connectivity index (χ1n) is 1.95. The Labute approximate surface area is 48.9 Å². The van der Waals surface area contributed by atoms with Crippen LogP contribution in [0.15, 0.2) is 0 Å². The molecule has 0 saturated heterocycles. The van der Waals surface area contributed by atoms with Crippen molar-refractivity contribution in [3.05, 3.63) is 0 Å². The molecule has 0 saturated carbocycles. The van der Waals surface area contributed by atoms with E-state index in [4.69, 9.17) is 9.59 Å². The first-order valence-corrected chi connectivity index (χ1v) is 5.84. The molecule has 0 heterocycles. The Balaban J connectivity index is 0. The summed E-state index contributed by atoms with van der Waals surface area (Å²) >= 11 is 0. The summed E-state index contributed by atoms with van der Waals surface area (Å²) in [4.78, 5) is 15.5. The molecule has 0 amide bonds. The molecule has 0 aromatic rings. The van der Waals surface area contributed by atoms with Gasteiger partial charge < -0.3 is 9.59 Å². The molecule has 2 N–H and O–H groups in total. The molecule has 0 fully saturated rings. The maximum atomic E-state index is 8.66. The Morgan fingerprint density at radius 3 is 1.14 bits per heavy atom. The molecule has 0 aliphatic heterocycles. The Kier molecular flexibility index (Phi) is 6.67. The maximum Gasteiger partial charge on any atom is 0.240 e. The molecule has 0 aromatic heterocycles. The minimum Gasteiger partial charge on any atom is -0.433 e. The van der Waals surface area contributed by atoms with Gasteiger partial charge in [0.15, 0.2) is 8.32 Å². The quantitative estimate of drug-likeness (QED) is 0.455. The van der Waals surface area contributed by atoms with Crippen LogP contribution in [0.2, 0.25) is 19.6 Å². The highest BCUT2D eigenvalue weighted by atomic mass is 28.4. The van der Waals surface area contributed by atoms with E-state index >= 15 is 0 Å². The van der Waals surface area contributed by atoms with E-state index in [0.29, 0.717) is 0 Å². The van der Waals surface area contributed by atoms with Crippen molar-refractivity contribution in [1.82, 2.24) is 0 Å². The molecule has 0 bridgehead atoms. The highest BCUT2D eigenvalue weighted by Crippen LogP contribution is 1.88. The Hall–Kier alpha value is 0.354. The van der Waals surface area contributed by atoms with Gasteiger partial charge in [0.25, 0.3) is 0 Å². The zero-order valence-corrected chi connectivity index (χ0v) is 6.89. The standard InChI is InChI=1S/C3H10OSi.HOSi/c1-5(2,3)4;1-2/h4H,1-3H3;1H. The number of hydrogen-bond acceptors (Lipinski definition) is 2. The lowest BCUT2D eigenvalue weighted by molar-refractivity contribution is 0.561. The Morgan fingerprint density at radius 1 is 1.14 bits per heavy atom. The molecule has 43 valence electrons. The largest absolute Gasteiger partial charge is 0.433 e. The van der Waals surface area contributed by atoms with Crippen LogP contribution in [0.5, 0.6) is 0 Å². The third-order valence-corrected chi connectivity index (χ3v) is 0. The van der Waals surface area contributed by atoms with Crippen molar-refractivity contribution in [2.45, 2.75) is 19.6 Å². The second-order valence-electron chi connectivity index (χ2n) is 2.17. The average molecular weight is 135 g/mol. The first kappa shape index (κ1) is 10.4. The number of rotatable bonds is 0. The molecule has 0 unspecified atom stereocenters. The fourth-order valence-corrected chi connectivity index (χ4v) is 0. The molecule has 0 aliphatic carbocycles. The Morgan fingerprint density at radius 2 is 1.14 bits per heavy atom. The van der Waals surface area contributed by atoms with Crippen LogP contribution in [0.3, 0.4) is 0 Å². The summed E-state index contributed by atoms with van der Waals surface area (Å²) < 4.78 is 0. The maximum absolute atomic E-state index is 8.66. The van der Waals surface area contributed by atoms with E-state index < -0.39 is 8.32 Å². The van der Waals surface area contributed by atoms with Gasteiger partial charge in [0, 0.05) is 0 Å². The third kappa shape index (κ3) is 962. The van der Waals surface area contributed by atoms with Gasteiger partial charge in [-0.1, -0.05) is 0 Å². The second kappa shape index (κ2) is 4.51. The average Bonchev–Trinajstić information content (AvgIpc) is 1.36. The van der Waals surface area contributed by atoms with Crippen LogP contribution in [0.4, 0.5) is 0 Å². The van der Waals surface area contributed by atoms with Crippen molar-refractivity contribution in [3.8, 4) is 0 Å². The van der Waals surface area contributed by atoms with E-state index in [2.05, 4.69) is 0 Å². The van der Waals surface area contributed by atoms with Gasteiger partial charge in [-0.05, 0) is 19.6 Å². The highest BCUT2D eigenvalue weighted by molar-refractivity contribution is 6.68. The molecule has 7 heavy (non-hydrogen) atoms. The van der Waals surface area contributed by atoms with Gasteiger partial charge in [0.1, 0.15) is 0 Å². The normalized spacial score (nSPS) is 9.43. The zero-order valence-electron chi connectivity index (χ0n) is 4.89. The lowest BCUT2D eigenvalue weighted by atomic mass is 11.8. The van der Waals surface area contributed by atoms with Crippen LogP contribution < -0.4 is 0 Å². The molecule has 0 atom stereocenters. The smallest absolute Gasteiger partial charge is 0.240 e. The van der Waals surface area contributed by atoms with Gasteiger partial charge in [0.05, 0.1) is 0 Å². The predicted octanol–water partition coefficient (Wildman–Crippen LogP) is -0.124. The van der Waals surface area contributed by atoms with Crippen LogP contribution in [0.25, 0.3) is 0 Å². The fraction of sp³-hybridized carbons (Fsp3) is 1.00. The van der Waals surface area contributed by atoms with Gasteiger partial charge >= 0.3 is 0 Å². The molecule has 0 aromatic carbocycles.